The third kappa shape index (κ3) is 5.09. The van der Waals surface area contributed by atoms with Crippen LogP contribution in [0.1, 0.15) is 44.5 Å². The number of rotatable bonds is 5. The Morgan fingerprint density at radius 1 is 1.28 bits per heavy atom. The van der Waals surface area contributed by atoms with Gasteiger partial charge in [-0.1, -0.05) is 0 Å². The first kappa shape index (κ1) is 21.6. The summed E-state index contributed by atoms with van der Waals surface area (Å²) in [7, 11) is 0. The minimum absolute atomic E-state index is 0.0993. The van der Waals surface area contributed by atoms with Crippen LogP contribution in [0.15, 0.2) is 12.4 Å². The second-order valence-corrected chi connectivity index (χ2v) is 8.36. The van der Waals surface area contributed by atoms with Crippen molar-refractivity contribution in [3.63, 3.8) is 0 Å². The first-order chi connectivity index (χ1) is 13.7. The van der Waals surface area contributed by atoms with Gasteiger partial charge >= 0.3 is 0 Å². The predicted molar refractivity (Wildman–Crippen MR) is 106 cm³/mol. The molecule has 0 unspecified atom stereocenters. The molecule has 0 aromatic carbocycles. The summed E-state index contributed by atoms with van der Waals surface area (Å²) >= 11 is 0. The lowest BCUT2D eigenvalue weighted by Crippen LogP contribution is -2.69. The SMILES string of the molecule is CC(=O)NCC(=O)N[C@@]1(C)CCOC2(CCN(Cc3cnc(C)nc3)CC2)[C@@H]1O. The molecule has 1 spiro atoms. The summed E-state index contributed by atoms with van der Waals surface area (Å²) in [6.07, 6.45) is 4.75. The van der Waals surface area contributed by atoms with E-state index in [0.29, 0.717) is 25.9 Å². The number of ether oxygens (including phenoxy) is 1. The maximum absolute atomic E-state index is 12.2. The largest absolute Gasteiger partial charge is 0.388 e. The van der Waals surface area contributed by atoms with Crippen LogP contribution < -0.4 is 10.6 Å². The summed E-state index contributed by atoms with van der Waals surface area (Å²) < 4.78 is 6.09. The average Bonchev–Trinajstić information content (AvgIpc) is 2.68. The topological polar surface area (TPSA) is 117 Å². The van der Waals surface area contributed by atoms with Crippen LogP contribution in [0, 0.1) is 6.92 Å². The molecule has 0 bridgehead atoms. The van der Waals surface area contributed by atoms with Crippen LogP contribution in [0.25, 0.3) is 0 Å². The molecule has 2 amide bonds. The summed E-state index contributed by atoms with van der Waals surface area (Å²) in [6, 6.07) is 0. The molecule has 29 heavy (non-hydrogen) atoms. The highest BCUT2D eigenvalue weighted by Crippen LogP contribution is 2.40. The van der Waals surface area contributed by atoms with Crippen LogP contribution in [0.2, 0.25) is 0 Å². The Kier molecular flexibility index (Phi) is 6.50. The quantitative estimate of drug-likeness (QED) is 0.627. The molecule has 2 saturated heterocycles. The summed E-state index contributed by atoms with van der Waals surface area (Å²) in [5.74, 6) is 0.182. The molecule has 0 saturated carbocycles. The van der Waals surface area contributed by atoms with Crippen LogP contribution in [0.4, 0.5) is 0 Å². The van der Waals surface area contributed by atoms with E-state index in [1.807, 2.05) is 26.2 Å². The van der Waals surface area contributed by atoms with Crippen molar-refractivity contribution < 1.29 is 19.4 Å². The first-order valence-electron chi connectivity index (χ1n) is 10.1. The molecular formula is C20H31N5O4. The summed E-state index contributed by atoms with van der Waals surface area (Å²) in [4.78, 5) is 34.0. The average molecular weight is 405 g/mol. The maximum Gasteiger partial charge on any atom is 0.239 e. The van der Waals surface area contributed by atoms with Gasteiger partial charge in [-0.3, -0.25) is 14.5 Å². The molecule has 3 N–H and O–H groups in total. The Morgan fingerprint density at radius 3 is 2.55 bits per heavy atom. The Morgan fingerprint density at radius 2 is 1.93 bits per heavy atom. The van der Waals surface area contributed by atoms with Gasteiger partial charge in [0.2, 0.25) is 11.8 Å². The van der Waals surface area contributed by atoms with Crippen molar-refractivity contribution in [1.82, 2.24) is 25.5 Å². The summed E-state index contributed by atoms with van der Waals surface area (Å²) in [5.41, 5.74) is -0.401. The van der Waals surface area contributed by atoms with Gasteiger partial charge in [0.05, 0.1) is 17.7 Å². The number of likely N-dealkylation sites (tertiary alicyclic amines) is 1. The monoisotopic (exact) mass is 405 g/mol. The molecule has 160 valence electrons. The number of nitrogens with zero attached hydrogens (tertiary/aromatic N) is 3. The third-order valence-corrected chi connectivity index (χ3v) is 5.98. The standard InChI is InChI=1S/C20H31N5O4/c1-14-21-10-16(11-22-14)13-25-7-4-20(5-8-25)18(28)19(3,6-9-29-20)24-17(27)12-23-15(2)26/h10-11,18,28H,4-9,12-13H2,1-3H3,(H,23,26)(H,24,27)/t18-,19+/m1/s1. The fraction of sp³-hybridized carbons (Fsp3) is 0.700. The normalized spacial score (nSPS) is 26.8. The fourth-order valence-electron chi connectivity index (χ4n) is 4.23. The first-order valence-corrected chi connectivity index (χ1v) is 10.1. The van der Waals surface area contributed by atoms with Crippen molar-refractivity contribution in [1.29, 1.82) is 0 Å². The van der Waals surface area contributed by atoms with Gasteiger partial charge in [0.25, 0.3) is 0 Å². The molecule has 3 heterocycles. The van der Waals surface area contributed by atoms with Crippen molar-refractivity contribution in [2.24, 2.45) is 0 Å². The van der Waals surface area contributed by atoms with E-state index >= 15 is 0 Å². The number of hydrogen-bond acceptors (Lipinski definition) is 7. The molecular weight excluding hydrogens is 374 g/mol. The van der Waals surface area contributed by atoms with Gasteiger partial charge in [0.15, 0.2) is 0 Å². The smallest absolute Gasteiger partial charge is 0.239 e. The van der Waals surface area contributed by atoms with E-state index in [2.05, 4.69) is 25.5 Å². The molecule has 0 aliphatic carbocycles. The molecule has 1 aromatic rings. The zero-order chi connectivity index (χ0) is 21.1. The van der Waals surface area contributed by atoms with Crippen molar-refractivity contribution in [3.05, 3.63) is 23.8 Å². The number of carbonyl (C=O) groups excluding carboxylic acids is 2. The van der Waals surface area contributed by atoms with Gasteiger partial charge in [-0.2, -0.15) is 0 Å². The van der Waals surface area contributed by atoms with E-state index in [-0.39, 0.29) is 18.4 Å². The minimum Gasteiger partial charge on any atom is -0.388 e. The molecule has 9 nitrogen and oxygen atoms in total. The second kappa shape index (κ2) is 8.73. The Balaban J connectivity index is 1.59. The van der Waals surface area contributed by atoms with E-state index < -0.39 is 17.2 Å². The van der Waals surface area contributed by atoms with Crippen molar-refractivity contribution in [3.8, 4) is 0 Å². The van der Waals surface area contributed by atoms with Gasteiger partial charge < -0.3 is 20.5 Å². The van der Waals surface area contributed by atoms with E-state index in [1.165, 1.54) is 6.92 Å². The van der Waals surface area contributed by atoms with Gasteiger partial charge in [-0.25, -0.2) is 9.97 Å². The van der Waals surface area contributed by atoms with Crippen molar-refractivity contribution in [2.45, 2.75) is 63.8 Å². The van der Waals surface area contributed by atoms with Crippen LogP contribution >= 0.6 is 0 Å². The fourth-order valence-corrected chi connectivity index (χ4v) is 4.23. The number of aliphatic hydroxyl groups is 1. The van der Waals surface area contributed by atoms with Gasteiger partial charge in [0.1, 0.15) is 11.9 Å². The molecule has 9 heteroatoms. The highest BCUT2D eigenvalue weighted by Gasteiger charge is 2.53. The highest BCUT2D eigenvalue weighted by atomic mass is 16.5. The van der Waals surface area contributed by atoms with Crippen molar-refractivity contribution in [2.75, 3.05) is 26.2 Å². The van der Waals surface area contributed by atoms with Gasteiger partial charge in [0, 0.05) is 51.1 Å². The number of piperidine rings is 1. The number of aromatic nitrogens is 2. The Labute approximate surface area is 171 Å². The molecule has 0 radical (unpaired) electrons. The second-order valence-electron chi connectivity index (χ2n) is 8.36. The number of nitrogens with one attached hydrogen (secondary N) is 2. The number of amides is 2. The summed E-state index contributed by atoms with van der Waals surface area (Å²) in [6.45, 7) is 7.77. The lowest BCUT2D eigenvalue weighted by Gasteiger charge is -2.53. The predicted octanol–water partition coefficient (Wildman–Crippen LogP) is -0.0882. The zero-order valence-electron chi connectivity index (χ0n) is 17.4. The zero-order valence-corrected chi connectivity index (χ0v) is 17.4. The maximum atomic E-state index is 12.2. The van der Waals surface area contributed by atoms with E-state index in [1.54, 1.807) is 0 Å². The minimum atomic E-state index is -0.824. The van der Waals surface area contributed by atoms with Gasteiger partial charge in [-0.05, 0) is 33.1 Å². The number of carbonyl (C=O) groups is 2. The van der Waals surface area contributed by atoms with Crippen LogP contribution in [0.5, 0.6) is 0 Å². The Bertz CT molecular complexity index is 733. The lowest BCUT2D eigenvalue weighted by molar-refractivity contribution is -0.208. The number of hydrogen-bond donors (Lipinski definition) is 3. The molecule has 1 aromatic heterocycles. The van der Waals surface area contributed by atoms with Crippen LogP contribution in [-0.2, 0) is 20.9 Å². The lowest BCUT2D eigenvalue weighted by atomic mass is 9.73. The molecule has 2 aliphatic rings. The highest BCUT2D eigenvalue weighted by molar-refractivity contribution is 5.84. The van der Waals surface area contributed by atoms with Crippen molar-refractivity contribution >= 4 is 11.8 Å². The molecule has 2 fully saturated rings. The Hall–Kier alpha value is -2.10. The number of aliphatic hydroxyl groups excluding tert-OH is 1. The molecule has 3 rings (SSSR count). The molecule has 2 atom stereocenters. The third-order valence-electron chi connectivity index (χ3n) is 5.98. The van der Waals surface area contributed by atoms with E-state index in [9.17, 15) is 14.7 Å². The van der Waals surface area contributed by atoms with E-state index in [0.717, 1.165) is 31.0 Å². The molecule has 2 aliphatic heterocycles. The van der Waals surface area contributed by atoms with Crippen LogP contribution in [-0.4, -0.2) is 75.3 Å². The van der Waals surface area contributed by atoms with Crippen LogP contribution in [0.3, 0.4) is 0 Å². The van der Waals surface area contributed by atoms with Gasteiger partial charge in [-0.15, -0.1) is 0 Å². The summed E-state index contributed by atoms with van der Waals surface area (Å²) in [5, 5.41) is 16.6. The van der Waals surface area contributed by atoms with E-state index in [4.69, 9.17) is 4.74 Å². The number of aryl methyl sites for hydroxylation is 1.